The van der Waals surface area contributed by atoms with Gasteiger partial charge in [0.1, 0.15) is 11.3 Å². The lowest BCUT2D eigenvalue weighted by Crippen LogP contribution is -2.34. The van der Waals surface area contributed by atoms with Crippen LogP contribution in [-0.2, 0) is 32.6 Å². The van der Waals surface area contributed by atoms with Gasteiger partial charge >= 0.3 is 5.97 Å². The molecule has 0 saturated heterocycles. The smallest absolute Gasteiger partial charge is 0.374 e. The average molecular weight is 599 g/mol. The molecule has 0 N–H and O–H groups in total. The maximum Gasteiger partial charge on any atom is 0.374 e. The molecule has 0 spiro atoms. The second-order valence-electron chi connectivity index (χ2n) is 9.93. The van der Waals surface area contributed by atoms with E-state index in [1.807, 2.05) is 0 Å². The van der Waals surface area contributed by atoms with E-state index in [9.17, 15) is 18.0 Å². The number of hydrogen-bond acceptors (Lipinski definition) is 7. The second kappa shape index (κ2) is 11.6. The number of esters is 1. The number of furan rings is 2. The van der Waals surface area contributed by atoms with Gasteiger partial charge in [-0.2, -0.15) is 0 Å². The number of aryl methyl sites for hydroxylation is 1. The van der Waals surface area contributed by atoms with Crippen LogP contribution in [0.25, 0.3) is 11.0 Å². The van der Waals surface area contributed by atoms with Crippen LogP contribution < -0.4 is 4.31 Å². The standard InChI is InChI=1S/C30H31ClN2O7S/c1-4-33(41(36,37)24-11-12-25-19(3)28(30(35)38-5-2)40-27(25)16-24)26-13-10-22(31)15-21(26)17-32(29(34)20-8-9-20)18-23-7-6-14-39-23/h6-7,10-16,20H,4-5,8-9,17-18H2,1-3H3. The van der Waals surface area contributed by atoms with Crippen molar-refractivity contribution in [2.45, 2.75) is 51.6 Å². The predicted molar refractivity (Wildman–Crippen MR) is 154 cm³/mol. The molecule has 1 aliphatic rings. The number of amides is 1. The number of nitrogens with zero attached hydrogens (tertiary/aromatic N) is 2. The molecule has 1 aliphatic carbocycles. The first kappa shape index (κ1) is 28.8. The summed E-state index contributed by atoms with van der Waals surface area (Å²) in [4.78, 5) is 27.2. The molecule has 41 heavy (non-hydrogen) atoms. The van der Waals surface area contributed by atoms with Gasteiger partial charge in [-0.15, -0.1) is 0 Å². The molecule has 1 amide bonds. The monoisotopic (exact) mass is 598 g/mol. The molecule has 0 radical (unpaired) electrons. The fourth-order valence-electron chi connectivity index (χ4n) is 4.88. The van der Waals surface area contributed by atoms with E-state index in [2.05, 4.69) is 0 Å². The zero-order valence-corrected chi connectivity index (χ0v) is 24.6. The van der Waals surface area contributed by atoms with E-state index in [0.29, 0.717) is 33.0 Å². The van der Waals surface area contributed by atoms with Crippen molar-refractivity contribution in [2.24, 2.45) is 5.92 Å². The molecule has 0 atom stereocenters. The maximum absolute atomic E-state index is 14.0. The summed E-state index contributed by atoms with van der Waals surface area (Å²) in [7, 11) is -4.08. The SMILES string of the molecule is CCOC(=O)c1oc2cc(S(=O)(=O)N(CC)c3ccc(Cl)cc3CN(Cc3ccco3)C(=O)C3CC3)ccc2c1C. The van der Waals surface area contributed by atoms with Crippen LogP contribution >= 0.6 is 11.6 Å². The van der Waals surface area contributed by atoms with Crippen LogP contribution in [0.4, 0.5) is 5.69 Å². The quantitative estimate of drug-likeness (QED) is 0.186. The van der Waals surface area contributed by atoms with E-state index in [-0.39, 0.29) is 54.3 Å². The first-order chi connectivity index (χ1) is 19.6. The number of carbonyl (C=O) groups is 2. The zero-order chi connectivity index (χ0) is 29.3. The van der Waals surface area contributed by atoms with Crippen LogP contribution in [0.15, 0.2) is 68.5 Å². The number of halogens is 1. The van der Waals surface area contributed by atoms with Gasteiger partial charge in [0.25, 0.3) is 10.0 Å². The normalized spacial score (nSPS) is 13.4. The van der Waals surface area contributed by atoms with Crippen molar-refractivity contribution in [3.05, 3.63) is 82.5 Å². The molecule has 1 fully saturated rings. The van der Waals surface area contributed by atoms with Gasteiger partial charge in [0.05, 0.1) is 30.0 Å². The fraction of sp³-hybridized carbons (Fsp3) is 0.333. The topological polar surface area (TPSA) is 110 Å². The third kappa shape index (κ3) is 5.85. The lowest BCUT2D eigenvalue weighted by atomic mass is 10.1. The van der Waals surface area contributed by atoms with Crippen LogP contribution in [0.2, 0.25) is 5.02 Å². The Morgan fingerprint density at radius 3 is 2.51 bits per heavy atom. The van der Waals surface area contributed by atoms with E-state index < -0.39 is 16.0 Å². The number of carbonyl (C=O) groups excluding carboxylic acids is 2. The van der Waals surface area contributed by atoms with Crippen LogP contribution in [0.1, 0.15) is 54.1 Å². The summed E-state index contributed by atoms with van der Waals surface area (Å²) in [6.45, 7) is 5.87. The van der Waals surface area contributed by atoms with Gasteiger partial charge in [-0.05, 0) is 81.6 Å². The molecule has 11 heteroatoms. The maximum atomic E-state index is 14.0. The molecular formula is C30H31ClN2O7S. The summed E-state index contributed by atoms with van der Waals surface area (Å²) in [5, 5.41) is 1.04. The van der Waals surface area contributed by atoms with E-state index in [4.69, 9.17) is 25.2 Å². The summed E-state index contributed by atoms with van der Waals surface area (Å²) in [6.07, 6.45) is 3.22. The molecule has 5 rings (SSSR count). The molecular weight excluding hydrogens is 568 g/mol. The highest BCUT2D eigenvalue weighted by molar-refractivity contribution is 7.92. The Bertz CT molecular complexity index is 1690. The van der Waals surface area contributed by atoms with Gasteiger partial charge in [-0.3, -0.25) is 9.10 Å². The number of hydrogen-bond donors (Lipinski definition) is 0. The van der Waals surface area contributed by atoms with Crippen LogP contribution in [0, 0.1) is 12.8 Å². The Hall–Kier alpha value is -3.76. The molecule has 216 valence electrons. The Balaban J connectivity index is 1.51. The first-order valence-corrected chi connectivity index (χ1v) is 15.3. The van der Waals surface area contributed by atoms with E-state index in [1.54, 1.807) is 68.3 Å². The van der Waals surface area contributed by atoms with Crippen molar-refractivity contribution in [1.29, 1.82) is 0 Å². The molecule has 0 bridgehead atoms. The van der Waals surface area contributed by atoms with Gasteiger partial charge in [-0.1, -0.05) is 11.6 Å². The third-order valence-corrected chi connectivity index (χ3v) is 9.20. The summed E-state index contributed by atoms with van der Waals surface area (Å²) in [5.41, 5.74) is 1.83. The molecule has 0 aliphatic heterocycles. The number of rotatable bonds is 11. The van der Waals surface area contributed by atoms with E-state index in [1.165, 1.54) is 16.4 Å². The zero-order valence-electron chi connectivity index (χ0n) is 23.1. The van der Waals surface area contributed by atoms with Crippen molar-refractivity contribution in [2.75, 3.05) is 17.5 Å². The summed E-state index contributed by atoms with van der Waals surface area (Å²) in [6, 6.07) is 13.1. The Morgan fingerprint density at radius 1 is 1.07 bits per heavy atom. The molecule has 1 saturated carbocycles. The highest BCUT2D eigenvalue weighted by Crippen LogP contribution is 2.36. The van der Waals surface area contributed by atoms with Crippen molar-refractivity contribution in [3.8, 4) is 0 Å². The molecule has 0 unspecified atom stereocenters. The second-order valence-corrected chi connectivity index (χ2v) is 12.2. The molecule has 4 aromatic rings. The lowest BCUT2D eigenvalue weighted by molar-refractivity contribution is -0.134. The lowest BCUT2D eigenvalue weighted by Gasteiger charge is -2.28. The summed E-state index contributed by atoms with van der Waals surface area (Å²) < 4.78 is 45.6. The number of anilines is 1. The summed E-state index contributed by atoms with van der Waals surface area (Å²) in [5.74, 6) is 0.0230. The molecule has 2 aromatic heterocycles. The van der Waals surface area contributed by atoms with E-state index in [0.717, 1.165) is 12.8 Å². The van der Waals surface area contributed by atoms with Gasteiger partial charge in [-0.25, -0.2) is 13.2 Å². The number of benzene rings is 2. The molecule has 2 aromatic carbocycles. The fourth-order valence-corrected chi connectivity index (χ4v) is 6.60. The Labute approximate surface area is 243 Å². The van der Waals surface area contributed by atoms with E-state index >= 15 is 0 Å². The number of fused-ring (bicyclic) bond motifs is 1. The Morgan fingerprint density at radius 2 is 1.85 bits per heavy atom. The van der Waals surface area contributed by atoms with Crippen LogP contribution in [-0.4, -0.2) is 38.3 Å². The van der Waals surface area contributed by atoms with Crippen LogP contribution in [0.3, 0.4) is 0 Å². The number of sulfonamides is 1. The largest absolute Gasteiger partial charge is 0.467 e. The minimum atomic E-state index is -4.08. The minimum Gasteiger partial charge on any atom is -0.467 e. The van der Waals surface area contributed by atoms with Crippen molar-refractivity contribution < 1.29 is 31.6 Å². The van der Waals surface area contributed by atoms with Gasteiger partial charge in [0.2, 0.25) is 11.7 Å². The third-order valence-electron chi connectivity index (χ3n) is 7.08. The predicted octanol–water partition coefficient (Wildman–Crippen LogP) is 6.32. The molecule has 9 nitrogen and oxygen atoms in total. The van der Waals surface area contributed by atoms with Crippen LogP contribution in [0.5, 0.6) is 0 Å². The van der Waals surface area contributed by atoms with Gasteiger partial charge in [0.15, 0.2) is 0 Å². The van der Waals surface area contributed by atoms with Gasteiger partial charge in [0, 0.05) is 41.0 Å². The average Bonchev–Trinajstić information content (AvgIpc) is 3.57. The Kier molecular flexibility index (Phi) is 8.15. The highest BCUT2D eigenvalue weighted by Gasteiger charge is 2.35. The van der Waals surface area contributed by atoms with Crippen molar-refractivity contribution in [1.82, 2.24) is 4.90 Å². The molecule has 2 heterocycles. The van der Waals surface area contributed by atoms with Crippen molar-refractivity contribution >= 4 is 50.2 Å². The number of ether oxygens (including phenoxy) is 1. The highest BCUT2D eigenvalue weighted by atomic mass is 35.5. The summed E-state index contributed by atoms with van der Waals surface area (Å²) >= 11 is 6.37. The minimum absolute atomic E-state index is 0.00147. The van der Waals surface area contributed by atoms with Gasteiger partial charge < -0.3 is 18.5 Å². The first-order valence-electron chi connectivity index (χ1n) is 13.5. The van der Waals surface area contributed by atoms with Crippen molar-refractivity contribution in [3.63, 3.8) is 0 Å².